The highest BCUT2D eigenvalue weighted by Gasteiger charge is 2.17. The lowest BCUT2D eigenvalue weighted by molar-refractivity contribution is -0.153. The number of ketones is 2. The zero-order chi connectivity index (χ0) is 19.8. The van der Waals surface area contributed by atoms with Gasteiger partial charge in [-0.2, -0.15) is 0 Å². The van der Waals surface area contributed by atoms with Crippen molar-refractivity contribution in [2.24, 2.45) is 0 Å². The highest BCUT2D eigenvalue weighted by Crippen LogP contribution is 2.28. The first kappa shape index (κ1) is 20.0. The molecule has 0 atom stereocenters. The molecule has 2 rings (SSSR count). The smallest absolute Gasteiger partial charge is 0.374 e. The highest BCUT2D eigenvalue weighted by atomic mass is 16.5. The van der Waals surface area contributed by atoms with E-state index in [9.17, 15) is 24.6 Å². The average molecular weight is 372 g/mol. The Morgan fingerprint density at radius 2 is 1.63 bits per heavy atom. The minimum atomic E-state index is -0.859. The minimum Gasteiger partial charge on any atom is -0.507 e. The molecule has 0 heterocycles. The molecule has 0 bridgehead atoms. The largest absolute Gasteiger partial charge is 0.507 e. The van der Waals surface area contributed by atoms with Crippen LogP contribution in [0.1, 0.15) is 35.7 Å². The maximum absolute atomic E-state index is 12.4. The van der Waals surface area contributed by atoms with Gasteiger partial charge in [-0.3, -0.25) is 9.59 Å². The molecule has 0 aromatic heterocycles. The molecule has 27 heavy (non-hydrogen) atoms. The van der Waals surface area contributed by atoms with Crippen LogP contribution >= 0.6 is 0 Å². The van der Waals surface area contributed by atoms with Crippen molar-refractivity contribution in [3.05, 3.63) is 53.6 Å². The summed E-state index contributed by atoms with van der Waals surface area (Å²) in [4.78, 5) is 34.7. The molecule has 0 aliphatic heterocycles. The Morgan fingerprint density at radius 1 is 0.926 bits per heavy atom. The normalized spacial score (nSPS) is 10.3. The second-order valence-electron chi connectivity index (χ2n) is 5.64. The molecule has 0 aliphatic carbocycles. The minimum absolute atomic E-state index is 0.0378. The summed E-state index contributed by atoms with van der Waals surface area (Å²) in [5.74, 6) is -2.06. The molecule has 0 aliphatic rings. The summed E-state index contributed by atoms with van der Waals surface area (Å²) < 4.78 is 10.2. The molecule has 0 fully saturated rings. The predicted octanol–water partition coefficient (Wildman–Crippen LogP) is 2.62. The Bertz CT molecular complexity index is 842. The number of hydrogen-bond donors (Lipinski definition) is 2. The molecule has 0 radical (unpaired) electrons. The topological polar surface area (TPSA) is 110 Å². The van der Waals surface area contributed by atoms with Crippen LogP contribution in [0.4, 0.5) is 0 Å². The zero-order valence-electron chi connectivity index (χ0n) is 14.8. The third-order valence-electron chi connectivity index (χ3n) is 3.70. The molecule has 142 valence electrons. The number of phenols is 2. The lowest BCUT2D eigenvalue weighted by atomic mass is 10.0. The van der Waals surface area contributed by atoms with Gasteiger partial charge in [0.2, 0.25) is 5.78 Å². The van der Waals surface area contributed by atoms with E-state index in [1.807, 2.05) is 0 Å². The third kappa shape index (κ3) is 5.31. The van der Waals surface area contributed by atoms with Gasteiger partial charge in [-0.15, -0.1) is 0 Å². The van der Waals surface area contributed by atoms with E-state index < -0.39 is 17.5 Å². The first-order valence-electron chi connectivity index (χ1n) is 8.42. The molecule has 0 saturated carbocycles. The fourth-order valence-electron chi connectivity index (χ4n) is 2.24. The molecule has 2 aromatic rings. The number of carbonyl (C=O) groups excluding carboxylic acids is 3. The SMILES string of the molecule is CCC(=O)C(=O)OCCCOc1ccc(C(=O)c2ccccc2O)c(O)c1. The Balaban J connectivity index is 1.89. The van der Waals surface area contributed by atoms with Crippen molar-refractivity contribution in [1.29, 1.82) is 0 Å². The summed E-state index contributed by atoms with van der Waals surface area (Å²) >= 11 is 0. The molecule has 7 nitrogen and oxygen atoms in total. The number of benzene rings is 2. The fraction of sp³-hybridized carbons (Fsp3) is 0.250. The molecule has 0 unspecified atom stereocenters. The summed E-state index contributed by atoms with van der Waals surface area (Å²) in [6.07, 6.45) is 0.461. The maximum atomic E-state index is 12.4. The van der Waals surface area contributed by atoms with E-state index in [0.717, 1.165) is 0 Å². The Hall–Kier alpha value is -3.35. The number of aromatic hydroxyl groups is 2. The lowest BCUT2D eigenvalue weighted by Gasteiger charge is -2.10. The van der Waals surface area contributed by atoms with Gasteiger partial charge in [-0.25, -0.2) is 4.79 Å². The summed E-state index contributed by atoms with van der Waals surface area (Å²) in [6, 6.07) is 10.3. The van der Waals surface area contributed by atoms with Gasteiger partial charge in [0, 0.05) is 18.9 Å². The molecular formula is C20H20O7. The molecular weight excluding hydrogens is 352 g/mol. The van der Waals surface area contributed by atoms with E-state index in [1.54, 1.807) is 19.1 Å². The van der Waals surface area contributed by atoms with E-state index in [4.69, 9.17) is 9.47 Å². The van der Waals surface area contributed by atoms with Crippen molar-refractivity contribution in [1.82, 2.24) is 0 Å². The van der Waals surface area contributed by atoms with Crippen molar-refractivity contribution in [2.75, 3.05) is 13.2 Å². The molecule has 0 saturated heterocycles. The van der Waals surface area contributed by atoms with Crippen LogP contribution in [0, 0.1) is 0 Å². The quantitative estimate of drug-likeness (QED) is 0.301. The van der Waals surface area contributed by atoms with Gasteiger partial charge in [-0.1, -0.05) is 19.1 Å². The van der Waals surface area contributed by atoms with E-state index in [0.29, 0.717) is 12.2 Å². The van der Waals surface area contributed by atoms with Crippen LogP contribution in [0.25, 0.3) is 0 Å². The number of hydrogen-bond acceptors (Lipinski definition) is 7. The number of phenolic OH excluding ortho intramolecular Hbond substituents is 2. The number of esters is 1. The van der Waals surface area contributed by atoms with Crippen molar-refractivity contribution in [3.8, 4) is 17.2 Å². The third-order valence-corrected chi connectivity index (χ3v) is 3.70. The van der Waals surface area contributed by atoms with E-state index >= 15 is 0 Å². The van der Waals surface area contributed by atoms with Crippen LogP contribution in [-0.2, 0) is 14.3 Å². The van der Waals surface area contributed by atoms with Crippen LogP contribution in [0.15, 0.2) is 42.5 Å². The van der Waals surface area contributed by atoms with E-state index in [2.05, 4.69) is 0 Å². The number of ether oxygens (including phenoxy) is 2. The maximum Gasteiger partial charge on any atom is 0.374 e. The standard InChI is InChI=1S/C20H20O7/c1-2-16(21)20(25)27-11-5-10-26-13-8-9-15(18(23)12-13)19(24)14-6-3-4-7-17(14)22/h3-4,6-9,12,22-23H,2,5,10-11H2,1H3. The van der Waals surface area contributed by atoms with Crippen LogP contribution in [-0.4, -0.2) is 41.0 Å². The molecule has 2 N–H and O–H groups in total. The summed E-state index contributed by atoms with van der Waals surface area (Å²) in [7, 11) is 0. The molecule has 7 heteroatoms. The van der Waals surface area contributed by atoms with Crippen LogP contribution in [0.3, 0.4) is 0 Å². The first-order valence-corrected chi connectivity index (χ1v) is 8.42. The van der Waals surface area contributed by atoms with Crippen LogP contribution in [0.2, 0.25) is 0 Å². The zero-order valence-corrected chi connectivity index (χ0v) is 14.8. The molecule has 0 spiro atoms. The Kier molecular flexibility index (Phi) is 6.93. The number of carbonyl (C=O) groups is 3. The number of Topliss-reactive ketones (excluding diaryl/α,β-unsaturated/α-hetero) is 1. The second kappa shape index (κ2) is 9.38. The van der Waals surface area contributed by atoms with Crippen molar-refractivity contribution < 1.29 is 34.1 Å². The lowest BCUT2D eigenvalue weighted by Crippen LogP contribution is -2.17. The van der Waals surface area contributed by atoms with Crippen molar-refractivity contribution >= 4 is 17.5 Å². The monoisotopic (exact) mass is 372 g/mol. The van der Waals surface area contributed by atoms with E-state index in [-0.39, 0.29) is 42.3 Å². The van der Waals surface area contributed by atoms with Gasteiger partial charge in [0.25, 0.3) is 0 Å². The second-order valence-corrected chi connectivity index (χ2v) is 5.64. The Morgan fingerprint density at radius 3 is 2.30 bits per heavy atom. The van der Waals surface area contributed by atoms with Crippen molar-refractivity contribution in [3.63, 3.8) is 0 Å². The highest BCUT2D eigenvalue weighted by molar-refractivity contribution is 6.33. The van der Waals surface area contributed by atoms with Gasteiger partial charge < -0.3 is 19.7 Å². The number of rotatable bonds is 9. The summed E-state index contributed by atoms with van der Waals surface area (Å²) in [5, 5.41) is 19.8. The van der Waals surface area contributed by atoms with Crippen LogP contribution < -0.4 is 4.74 Å². The molecule has 0 amide bonds. The summed E-state index contributed by atoms with van der Waals surface area (Å²) in [6.45, 7) is 1.81. The van der Waals surface area contributed by atoms with E-state index in [1.165, 1.54) is 30.3 Å². The average Bonchev–Trinajstić information content (AvgIpc) is 2.66. The van der Waals surface area contributed by atoms with Crippen molar-refractivity contribution in [2.45, 2.75) is 19.8 Å². The van der Waals surface area contributed by atoms with Gasteiger partial charge >= 0.3 is 5.97 Å². The fourth-order valence-corrected chi connectivity index (χ4v) is 2.24. The number of para-hydroxylation sites is 1. The summed E-state index contributed by atoms with van der Waals surface area (Å²) in [5.41, 5.74) is 0.126. The van der Waals surface area contributed by atoms with Gasteiger partial charge in [0.15, 0.2) is 5.78 Å². The molecule has 2 aromatic carbocycles. The van der Waals surface area contributed by atoms with Gasteiger partial charge in [0.1, 0.15) is 17.2 Å². The first-order chi connectivity index (χ1) is 12.9. The van der Waals surface area contributed by atoms with Gasteiger partial charge in [-0.05, 0) is 24.3 Å². The predicted molar refractivity (Wildman–Crippen MR) is 96.0 cm³/mol. The van der Waals surface area contributed by atoms with Crippen LogP contribution in [0.5, 0.6) is 17.2 Å². The Labute approximate surface area is 156 Å². The van der Waals surface area contributed by atoms with Gasteiger partial charge in [0.05, 0.1) is 24.3 Å².